The van der Waals surface area contributed by atoms with Crippen LogP contribution >= 0.6 is 0 Å². The third kappa shape index (κ3) is 1.89. The van der Waals surface area contributed by atoms with Crippen molar-refractivity contribution in [1.82, 2.24) is 4.90 Å². The van der Waals surface area contributed by atoms with E-state index in [-0.39, 0.29) is 0 Å². The van der Waals surface area contributed by atoms with Crippen molar-refractivity contribution in [3.63, 3.8) is 0 Å². The predicted molar refractivity (Wildman–Crippen MR) is 55.5 cm³/mol. The monoisotopic (exact) mass is 182 g/mol. The van der Waals surface area contributed by atoms with Crippen molar-refractivity contribution in [2.24, 2.45) is 17.6 Å². The molecule has 2 rings (SSSR count). The number of nitrogens with two attached hydrogens (primary N) is 1. The van der Waals surface area contributed by atoms with Gasteiger partial charge in [-0.05, 0) is 45.1 Å². The minimum Gasteiger partial charge on any atom is -0.327 e. The molecule has 0 spiro atoms. The Kier molecular flexibility index (Phi) is 2.61. The van der Waals surface area contributed by atoms with Gasteiger partial charge in [-0.25, -0.2) is 0 Å². The Bertz CT molecular complexity index is 179. The van der Waals surface area contributed by atoms with Gasteiger partial charge in [0.15, 0.2) is 0 Å². The van der Waals surface area contributed by atoms with Crippen LogP contribution in [0, 0.1) is 11.8 Å². The van der Waals surface area contributed by atoms with Gasteiger partial charge in [0, 0.05) is 18.6 Å². The van der Waals surface area contributed by atoms with Crippen molar-refractivity contribution in [1.29, 1.82) is 0 Å². The highest BCUT2D eigenvalue weighted by Gasteiger charge is 2.41. The van der Waals surface area contributed by atoms with Gasteiger partial charge in [0.1, 0.15) is 0 Å². The maximum Gasteiger partial charge on any atom is 0.0139 e. The molecule has 2 aliphatic rings. The lowest BCUT2D eigenvalue weighted by molar-refractivity contribution is 0.170. The zero-order valence-electron chi connectivity index (χ0n) is 8.87. The second-order valence-corrected chi connectivity index (χ2v) is 5.16. The van der Waals surface area contributed by atoms with E-state index in [9.17, 15) is 0 Å². The standard InChI is InChI=1S/C11H22N2/c1-8(12)7-13(2)11-6-9-3-4-10(11)5-9/h8-11H,3-7,12H2,1-2H3/t8-,9?,10?,11?/m1/s1. The number of rotatable bonds is 3. The fraction of sp³-hybridized carbons (Fsp3) is 1.00. The van der Waals surface area contributed by atoms with Gasteiger partial charge in [0.05, 0.1) is 0 Å². The lowest BCUT2D eigenvalue weighted by Gasteiger charge is -2.32. The zero-order chi connectivity index (χ0) is 9.42. The van der Waals surface area contributed by atoms with Gasteiger partial charge >= 0.3 is 0 Å². The van der Waals surface area contributed by atoms with Gasteiger partial charge in [-0.2, -0.15) is 0 Å². The molecular formula is C11H22N2. The molecule has 0 saturated heterocycles. The first kappa shape index (κ1) is 9.47. The lowest BCUT2D eigenvalue weighted by atomic mass is 9.94. The van der Waals surface area contributed by atoms with Crippen molar-refractivity contribution in [2.45, 2.75) is 44.7 Å². The largest absolute Gasteiger partial charge is 0.327 e. The predicted octanol–water partition coefficient (Wildman–Crippen LogP) is 1.45. The van der Waals surface area contributed by atoms with E-state index in [4.69, 9.17) is 5.73 Å². The number of likely N-dealkylation sites (N-methyl/N-ethyl adjacent to an activating group) is 1. The molecule has 2 heteroatoms. The fourth-order valence-electron chi connectivity index (χ4n) is 3.34. The third-order valence-corrected chi connectivity index (χ3v) is 3.84. The van der Waals surface area contributed by atoms with Gasteiger partial charge in [-0.15, -0.1) is 0 Å². The van der Waals surface area contributed by atoms with E-state index < -0.39 is 0 Å². The summed E-state index contributed by atoms with van der Waals surface area (Å²) < 4.78 is 0. The minimum atomic E-state index is 0.323. The van der Waals surface area contributed by atoms with Crippen LogP contribution < -0.4 is 5.73 Å². The van der Waals surface area contributed by atoms with E-state index in [0.29, 0.717) is 6.04 Å². The molecule has 0 aliphatic heterocycles. The molecule has 2 nitrogen and oxygen atoms in total. The van der Waals surface area contributed by atoms with Crippen LogP contribution in [0.4, 0.5) is 0 Å². The first-order valence-electron chi connectivity index (χ1n) is 5.62. The molecule has 0 aromatic carbocycles. The maximum atomic E-state index is 5.82. The summed E-state index contributed by atoms with van der Waals surface area (Å²) in [5.74, 6) is 2.04. The molecule has 3 unspecified atom stereocenters. The smallest absolute Gasteiger partial charge is 0.0139 e. The number of fused-ring (bicyclic) bond motifs is 2. The number of hydrogen-bond acceptors (Lipinski definition) is 2. The van der Waals surface area contributed by atoms with E-state index >= 15 is 0 Å². The Labute approximate surface area is 81.5 Å². The molecule has 4 atom stereocenters. The Morgan fingerprint density at radius 3 is 2.62 bits per heavy atom. The molecule has 2 saturated carbocycles. The second kappa shape index (κ2) is 3.58. The zero-order valence-corrected chi connectivity index (χ0v) is 8.87. The van der Waals surface area contributed by atoms with Crippen LogP contribution in [0.25, 0.3) is 0 Å². The summed E-state index contributed by atoms with van der Waals surface area (Å²) in [6, 6.07) is 1.17. The van der Waals surface area contributed by atoms with Gasteiger partial charge in [-0.1, -0.05) is 6.42 Å². The summed E-state index contributed by atoms with van der Waals surface area (Å²) in [5, 5.41) is 0. The van der Waals surface area contributed by atoms with Crippen molar-refractivity contribution in [3.05, 3.63) is 0 Å². The molecule has 0 aromatic heterocycles. The van der Waals surface area contributed by atoms with Gasteiger partial charge < -0.3 is 10.6 Å². The number of nitrogens with zero attached hydrogens (tertiary/aromatic N) is 1. The summed E-state index contributed by atoms with van der Waals surface area (Å²) in [6.07, 6.45) is 5.90. The Hall–Kier alpha value is -0.0800. The average Bonchev–Trinajstić information content (AvgIpc) is 2.62. The molecule has 2 N–H and O–H groups in total. The Morgan fingerprint density at radius 1 is 1.38 bits per heavy atom. The van der Waals surface area contributed by atoms with E-state index in [1.165, 1.54) is 25.7 Å². The fourth-order valence-corrected chi connectivity index (χ4v) is 3.34. The van der Waals surface area contributed by atoms with E-state index in [1.807, 2.05) is 0 Å². The first-order chi connectivity index (χ1) is 6.16. The first-order valence-corrected chi connectivity index (χ1v) is 5.62. The van der Waals surface area contributed by atoms with Crippen molar-refractivity contribution >= 4 is 0 Å². The van der Waals surface area contributed by atoms with Crippen molar-refractivity contribution in [3.8, 4) is 0 Å². The summed E-state index contributed by atoms with van der Waals surface area (Å²) in [5.41, 5.74) is 5.82. The van der Waals surface area contributed by atoms with Crippen molar-refractivity contribution in [2.75, 3.05) is 13.6 Å². The summed E-state index contributed by atoms with van der Waals surface area (Å²) in [7, 11) is 2.24. The van der Waals surface area contributed by atoms with Crippen LogP contribution in [0.3, 0.4) is 0 Å². The van der Waals surface area contributed by atoms with Crippen LogP contribution in [-0.2, 0) is 0 Å². The molecule has 76 valence electrons. The Balaban J connectivity index is 1.87. The molecule has 0 amide bonds. The highest BCUT2D eigenvalue weighted by Crippen LogP contribution is 2.46. The topological polar surface area (TPSA) is 29.3 Å². The highest BCUT2D eigenvalue weighted by molar-refractivity contribution is 4.94. The van der Waals surface area contributed by atoms with Gasteiger partial charge in [0.2, 0.25) is 0 Å². The molecule has 2 fully saturated rings. The molecule has 2 bridgehead atoms. The van der Waals surface area contributed by atoms with Crippen LogP contribution in [-0.4, -0.2) is 30.6 Å². The summed E-state index contributed by atoms with van der Waals surface area (Å²) >= 11 is 0. The molecule has 0 heterocycles. The maximum absolute atomic E-state index is 5.82. The van der Waals surface area contributed by atoms with E-state index in [0.717, 1.165) is 24.4 Å². The third-order valence-electron chi connectivity index (χ3n) is 3.84. The average molecular weight is 182 g/mol. The number of hydrogen-bond donors (Lipinski definition) is 1. The molecule has 0 radical (unpaired) electrons. The molecule has 0 aromatic rings. The van der Waals surface area contributed by atoms with Gasteiger partial charge in [0.25, 0.3) is 0 Å². The molecule has 13 heavy (non-hydrogen) atoms. The van der Waals surface area contributed by atoms with Crippen LogP contribution in [0.1, 0.15) is 32.6 Å². The van der Waals surface area contributed by atoms with Crippen LogP contribution in [0.2, 0.25) is 0 Å². The second-order valence-electron chi connectivity index (χ2n) is 5.16. The molecular weight excluding hydrogens is 160 g/mol. The summed E-state index contributed by atoms with van der Waals surface area (Å²) in [6.45, 7) is 3.16. The van der Waals surface area contributed by atoms with Crippen molar-refractivity contribution < 1.29 is 0 Å². The quantitative estimate of drug-likeness (QED) is 0.716. The van der Waals surface area contributed by atoms with E-state index in [1.54, 1.807) is 0 Å². The Morgan fingerprint density at radius 2 is 2.15 bits per heavy atom. The minimum absolute atomic E-state index is 0.323. The van der Waals surface area contributed by atoms with Crippen LogP contribution in [0.15, 0.2) is 0 Å². The van der Waals surface area contributed by atoms with Crippen LogP contribution in [0.5, 0.6) is 0 Å². The lowest BCUT2D eigenvalue weighted by Crippen LogP contribution is -2.42. The van der Waals surface area contributed by atoms with E-state index in [2.05, 4.69) is 18.9 Å². The normalized spacial score (nSPS) is 40.2. The summed E-state index contributed by atoms with van der Waals surface area (Å²) in [4.78, 5) is 2.49. The van der Waals surface area contributed by atoms with Gasteiger partial charge in [-0.3, -0.25) is 0 Å². The molecule has 2 aliphatic carbocycles. The SMILES string of the molecule is C[C@@H](N)CN(C)C1CC2CCC1C2. The highest BCUT2D eigenvalue weighted by atomic mass is 15.1.